The normalized spacial score (nSPS) is 12.0. The van der Waals surface area contributed by atoms with Crippen LogP contribution in [-0.2, 0) is 0 Å². The minimum Gasteiger partial charge on any atom is -0.406 e. The smallest absolute Gasteiger partial charge is 0.406 e. The standard InChI is InChI=1S/C10H8ClF3O/c11-7-1-2-8-3-5-9(6-4-8)15-10(12,13)14/h1-6H,7H2. The average Bonchev–Trinajstić information content (AvgIpc) is 2.14. The van der Waals surface area contributed by atoms with E-state index in [0.717, 1.165) is 5.56 Å². The molecule has 0 aliphatic rings. The van der Waals surface area contributed by atoms with Crippen LogP contribution in [0.3, 0.4) is 0 Å². The maximum absolute atomic E-state index is 11.8. The van der Waals surface area contributed by atoms with Gasteiger partial charge in [0, 0.05) is 5.88 Å². The molecule has 1 rings (SSSR count). The second-order valence-electron chi connectivity index (χ2n) is 2.67. The quantitative estimate of drug-likeness (QED) is 0.725. The van der Waals surface area contributed by atoms with E-state index in [9.17, 15) is 13.2 Å². The highest BCUT2D eigenvalue weighted by Gasteiger charge is 2.30. The Morgan fingerprint density at radius 1 is 1.20 bits per heavy atom. The molecule has 0 saturated carbocycles. The Hall–Kier alpha value is -1.16. The lowest BCUT2D eigenvalue weighted by Gasteiger charge is -2.08. The molecule has 0 amide bonds. The Morgan fingerprint density at radius 3 is 2.27 bits per heavy atom. The Kier molecular flexibility index (Phi) is 4.03. The predicted molar refractivity (Wildman–Crippen MR) is 52.9 cm³/mol. The molecular formula is C10H8ClF3O. The van der Waals surface area contributed by atoms with E-state index in [1.165, 1.54) is 24.3 Å². The van der Waals surface area contributed by atoms with Gasteiger partial charge in [0.1, 0.15) is 5.75 Å². The summed E-state index contributed by atoms with van der Waals surface area (Å²) in [6.45, 7) is 0. The Bertz CT molecular complexity index is 330. The lowest BCUT2D eigenvalue weighted by Crippen LogP contribution is -2.16. The monoisotopic (exact) mass is 236 g/mol. The van der Waals surface area contributed by atoms with Gasteiger partial charge >= 0.3 is 6.36 Å². The summed E-state index contributed by atoms with van der Waals surface area (Å²) in [7, 11) is 0. The number of benzene rings is 1. The van der Waals surface area contributed by atoms with Crippen LogP contribution in [0.2, 0.25) is 0 Å². The summed E-state index contributed by atoms with van der Waals surface area (Å²) in [4.78, 5) is 0. The Balaban J connectivity index is 2.68. The third kappa shape index (κ3) is 4.74. The summed E-state index contributed by atoms with van der Waals surface area (Å²) in [6, 6.07) is 5.54. The number of ether oxygens (including phenoxy) is 1. The molecule has 0 saturated heterocycles. The fourth-order valence-electron chi connectivity index (χ4n) is 0.961. The van der Waals surface area contributed by atoms with Crippen LogP contribution in [0.5, 0.6) is 5.75 Å². The van der Waals surface area contributed by atoms with Gasteiger partial charge in [0.05, 0.1) is 0 Å². The van der Waals surface area contributed by atoms with E-state index in [1.807, 2.05) is 0 Å². The minimum atomic E-state index is -4.65. The first-order valence-electron chi connectivity index (χ1n) is 4.09. The van der Waals surface area contributed by atoms with Gasteiger partial charge in [-0.25, -0.2) is 0 Å². The zero-order valence-electron chi connectivity index (χ0n) is 7.59. The molecule has 0 fully saturated rings. The molecule has 0 spiro atoms. The summed E-state index contributed by atoms with van der Waals surface area (Å²) in [5.74, 6) is 0.131. The van der Waals surface area contributed by atoms with Crippen molar-refractivity contribution < 1.29 is 17.9 Å². The van der Waals surface area contributed by atoms with Gasteiger partial charge in [-0.15, -0.1) is 24.8 Å². The first-order chi connectivity index (χ1) is 7.01. The Labute approximate surface area is 90.1 Å². The van der Waals surface area contributed by atoms with E-state index in [1.54, 1.807) is 12.2 Å². The fourth-order valence-corrected chi connectivity index (χ4v) is 1.05. The highest BCUT2D eigenvalue weighted by atomic mass is 35.5. The zero-order valence-corrected chi connectivity index (χ0v) is 8.35. The molecule has 0 aliphatic heterocycles. The SMILES string of the molecule is FC(F)(F)Oc1ccc(C=CCCl)cc1. The molecule has 0 atom stereocenters. The maximum Gasteiger partial charge on any atom is 0.573 e. The molecule has 0 aromatic heterocycles. The van der Waals surface area contributed by atoms with Crippen molar-refractivity contribution in [3.8, 4) is 5.75 Å². The summed E-state index contributed by atoms with van der Waals surface area (Å²) in [5.41, 5.74) is 0.769. The summed E-state index contributed by atoms with van der Waals surface area (Å²) in [6.07, 6.45) is -1.24. The highest BCUT2D eigenvalue weighted by Crippen LogP contribution is 2.22. The van der Waals surface area contributed by atoms with Crippen molar-refractivity contribution in [2.24, 2.45) is 0 Å². The molecule has 0 unspecified atom stereocenters. The van der Waals surface area contributed by atoms with E-state index in [4.69, 9.17) is 11.6 Å². The first-order valence-corrected chi connectivity index (χ1v) is 4.63. The lowest BCUT2D eigenvalue weighted by molar-refractivity contribution is -0.274. The van der Waals surface area contributed by atoms with Crippen LogP contribution in [-0.4, -0.2) is 12.2 Å². The van der Waals surface area contributed by atoms with Crippen LogP contribution in [0.15, 0.2) is 30.3 Å². The van der Waals surface area contributed by atoms with E-state index in [0.29, 0.717) is 5.88 Å². The topological polar surface area (TPSA) is 9.23 Å². The van der Waals surface area contributed by atoms with Gasteiger partial charge in [0.2, 0.25) is 0 Å². The van der Waals surface area contributed by atoms with Crippen molar-refractivity contribution in [3.05, 3.63) is 35.9 Å². The molecule has 0 bridgehead atoms. The van der Waals surface area contributed by atoms with Crippen LogP contribution < -0.4 is 4.74 Å². The molecule has 5 heteroatoms. The van der Waals surface area contributed by atoms with Crippen LogP contribution in [0.1, 0.15) is 5.56 Å². The van der Waals surface area contributed by atoms with Crippen molar-refractivity contribution in [3.63, 3.8) is 0 Å². The lowest BCUT2D eigenvalue weighted by atomic mass is 10.2. The Morgan fingerprint density at radius 2 is 1.80 bits per heavy atom. The minimum absolute atomic E-state index is 0.231. The van der Waals surface area contributed by atoms with Crippen LogP contribution in [0.25, 0.3) is 6.08 Å². The van der Waals surface area contributed by atoms with E-state index < -0.39 is 6.36 Å². The number of halogens is 4. The highest BCUT2D eigenvalue weighted by molar-refractivity contribution is 6.19. The average molecular weight is 237 g/mol. The van der Waals surface area contributed by atoms with E-state index >= 15 is 0 Å². The largest absolute Gasteiger partial charge is 0.573 e. The van der Waals surface area contributed by atoms with Crippen LogP contribution in [0.4, 0.5) is 13.2 Å². The van der Waals surface area contributed by atoms with Gasteiger partial charge in [-0.1, -0.05) is 24.3 Å². The number of allylic oxidation sites excluding steroid dienone is 1. The van der Waals surface area contributed by atoms with Crippen molar-refractivity contribution in [2.75, 3.05) is 5.88 Å². The molecule has 1 aromatic carbocycles. The fraction of sp³-hybridized carbons (Fsp3) is 0.200. The molecule has 1 nitrogen and oxygen atoms in total. The maximum atomic E-state index is 11.8. The van der Waals surface area contributed by atoms with Gasteiger partial charge in [0.15, 0.2) is 0 Å². The molecule has 0 radical (unpaired) electrons. The molecule has 0 aliphatic carbocycles. The zero-order chi connectivity index (χ0) is 11.3. The number of hydrogen-bond acceptors (Lipinski definition) is 1. The molecule has 15 heavy (non-hydrogen) atoms. The van der Waals surface area contributed by atoms with Gasteiger partial charge in [0.25, 0.3) is 0 Å². The van der Waals surface area contributed by atoms with Gasteiger partial charge in [-0.3, -0.25) is 0 Å². The molecule has 0 heterocycles. The van der Waals surface area contributed by atoms with Crippen LogP contribution >= 0.6 is 11.6 Å². The van der Waals surface area contributed by atoms with Crippen molar-refractivity contribution in [2.45, 2.75) is 6.36 Å². The first kappa shape index (κ1) is 11.9. The van der Waals surface area contributed by atoms with E-state index in [2.05, 4.69) is 4.74 Å². The summed E-state index contributed by atoms with van der Waals surface area (Å²) in [5, 5.41) is 0. The van der Waals surface area contributed by atoms with E-state index in [-0.39, 0.29) is 5.75 Å². The van der Waals surface area contributed by atoms with Gasteiger partial charge in [-0.05, 0) is 17.7 Å². The molecule has 82 valence electrons. The molecule has 1 aromatic rings. The van der Waals surface area contributed by atoms with Crippen molar-refractivity contribution in [1.82, 2.24) is 0 Å². The second-order valence-corrected chi connectivity index (χ2v) is 2.98. The summed E-state index contributed by atoms with van der Waals surface area (Å²) < 4.78 is 39.1. The second kappa shape index (κ2) is 5.07. The summed E-state index contributed by atoms with van der Waals surface area (Å²) >= 11 is 5.41. The number of alkyl halides is 4. The third-order valence-corrected chi connectivity index (χ3v) is 1.69. The number of rotatable bonds is 3. The van der Waals surface area contributed by atoms with Crippen molar-refractivity contribution in [1.29, 1.82) is 0 Å². The predicted octanol–water partition coefficient (Wildman–Crippen LogP) is 3.84. The van der Waals surface area contributed by atoms with Crippen LogP contribution in [0, 0.1) is 0 Å². The van der Waals surface area contributed by atoms with Crippen molar-refractivity contribution >= 4 is 17.7 Å². The molecular weight excluding hydrogens is 229 g/mol. The number of hydrogen-bond donors (Lipinski definition) is 0. The van der Waals surface area contributed by atoms with Gasteiger partial charge < -0.3 is 4.74 Å². The third-order valence-electron chi connectivity index (χ3n) is 1.51. The van der Waals surface area contributed by atoms with Gasteiger partial charge in [-0.2, -0.15) is 0 Å². The molecule has 0 N–H and O–H groups in total.